The summed E-state index contributed by atoms with van der Waals surface area (Å²) in [5, 5.41) is 3.19. The lowest BCUT2D eigenvalue weighted by Gasteiger charge is -2.30. The minimum atomic E-state index is 0.384. The second-order valence-corrected chi connectivity index (χ2v) is 5.00. The van der Waals surface area contributed by atoms with E-state index in [0.29, 0.717) is 23.9 Å². The fourth-order valence-corrected chi connectivity index (χ4v) is 3.18. The molecule has 1 N–H and O–H groups in total. The average Bonchev–Trinajstić information content (AvgIpc) is 2.77. The molecule has 1 aliphatic heterocycles. The molecule has 1 saturated carbocycles. The molecule has 1 saturated heterocycles. The minimum Gasteiger partial charge on any atom is -0.337 e. The highest BCUT2D eigenvalue weighted by atomic mass is 16.2. The van der Waals surface area contributed by atoms with Gasteiger partial charge < -0.3 is 10.2 Å². The second-order valence-electron chi connectivity index (χ2n) is 5.00. The van der Waals surface area contributed by atoms with Crippen LogP contribution in [-0.4, -0.2) is 36.5 Å². The highest BCUT2D eigenvalue weighted by Crippen LogP contribution is 2.33. The Morgan fingerprint density at radius 2 is 2.07 bits per heavy atom. The molecular formula is C12H22N2O. The monoisotopic (exact) mass is 210 g/mol. The zero-order chi connectivity index (χ0) is 10.8. The standard InChI is InChI=1S/C12H22N2O/c1-9-10(8-13-2)7-12(15)14(9)11-5-3-4-6-11/h9-11,13H,3-8H2,1-2H3. The van der Waals surface area contributed by atoms with E-state index < -0.39 is 0 Å². The third-order valence-electron chi connectivity index (χ3n) is 4.03. The van der Waals surface area contributed by atoms with Crippen molar-refractivity contribution >= 4 is 5.91 Å². The molecule has 2 atom stereocenters. The first-order valence-electron chi connectivity index (χ1n) is 6.19. The number of hydrogen-bond donors (Lipinski definition) is 1. The molecule has 15 heavy (non-hydrogen) atoms. The zero-order valence-electron chi connectivity index (χ0n) is 9.83. The molecule has 0 radical (unpaired) electrons. The van der Waals surface area contributed by atoms with E-state index in [2.05, 4.69) is 17.1 Å². The van der Waals surface area contributed by atoms with Crippen LogP contribution < -0.4 is 5.32 Å². The van der Waals surface area contributed by atoms with Gasteiger partial charge in [0.05, 0.1) is 0 Å². The summed E-state index contributed by atoms with van der Waals surface area (Å²) >= 11 is 0. The van der Waals surface area contributed by atoms with Crippen molar-refractivity contribution in [3.05, 3.63) is 0 Å². The van der Waals surface area contributed by atoms with Gasteiger partial charge in [0.1, 0.15) is 0 Å². The van der Waals surface area contributed by atoms with Crippen molar-refractivity contribution in [2.24, 2.45) is 5.92 Å². The average molecular weight is 210 g/mol. The van der Waals surface area contributed by atoms with Gasteiger partial charge in [-0.3, -0.25) is 4.79 Å². The quantitative estimate of drug-likeness (QED) is 0.763. The number of hydrogen-bond acceptors (Lipinski definition) is 2. The summed E-state index contributed by atoms with van der Waals surface area (Å²) in [5.74, 6) is 0.901. The van der Waals surface area contributed by atoms with Gasteiger partial charge >= 0.3 is 0 Å². The first-order chi connectivity index (χ1) is 7.24. The molecule has 2 unspecified atom stereocenters. The molecule has 3 heteroatoms. The SMILES string of the molecule is CNCC1CC(=O)N(C2CCCC2)C1C. The molecule has 86 valence electrons. The molecular weight excluding hydrogens is 188 g/mol. The van der Waals surface area contributed by atoms with Gasteiger partial charge in [-0.15, -0.1) is 0 Å². The van der Waals surface area contributed by atoms with Gasteiger partial charge in [0.15, 0.2) is 0 Å². The van der Waals surface area contributed by atoms with Crippen LogP contribution in [0.15, 0.2) is 0 Å². The van der Waals surface area contributed by atoms with Crippen LogP contribution in [-0.2, 0) is 4.79 Å². The number of carbonyl (C=O) groups excluding carboxylic acids is 1. The van der Waals surface area contributed by atoms with Crippen molar-refractivity contribution in [2.75, 3.05) is 13.6 Å². The Labute approximate surface area is 92.2 Å². The van der Waals surface area contributed by atoms with E-state index in [4.69, 9.17) is 0 Å². The molecule has 1 amide bonds. The third kappa shape index (κ3) is 2.03. The summed E-state index contributed by atoms with van der Waals surface area (Å²) in [4.78, 5) is 14.1. The van der Waals surface area contributed by atoms with E-state index in [1.807, 2.05) is 7.05 Å². The highest BCUT2D eigenvalue weighted by molar-refractivity contribution is 5.79. The second kappa shape index (κ2) is 4.52. The van der Waals surface area contributed by atoms with Crippen molar-refractivity contribution < 1.29 is 4.79 Å². The molecule has 0 bridgehead atoms. The predicted octanol–water partition coefficient (Wildman–Crippen LogP) is 1.39. The Balaban J connectivity index is 2.01. The van der Waals surface area contributed by atoms with Gasteiger partial charge in [0.25, 0.3) is 0 Å². The summed E-state index contributed by atoms with van der Waals surface area (Å²) < 4.78 is 0. The Kier molecular flexibility index (Phi) is 3.29. The van der Waals surface area contributed by atoms with E-state index >= 15 is 0 Å². The van der Waals surface area contributed by atoms with Crippen LogP contribution in [0.25, 0.3) is 0 Å². The minimum absolute atomic E-state index is 0.384. The van der Waals surface area contributed by atoms with E-state index in [1.165, 1.54) is 25.7 Å². The Hall–Kier alpha value is -0.570. The number of amides is 1. The van der Waals surface area contributed by atoms with Gasteiger partial charge in [-0.25, -0.2) is 0 Å². The lowest BCUT2D eigenvalue weighted by atomic mass is 10.0. The first-order valence-corrected chi connectivity index (χ1v) is 6.19. The molecule has 0 aromatic carbocycles. The number of likely N-dealkylation sites (tertiary alicyclic amines) is 1. The summed E-state index contributed by atoms with van der Waals surface area (Å²) in [6, 6.07) is 0.988. The van der Waals surface area contributed by atoms with Crippen molar-refractivity contribution in [1.82, 2.24) is 10.2 Å². The van der Waals surface area contributed by atoms with Gasteiger partial charge in [0.2, 0.25) is 5.91 Å². The Morgan fingerprint density at radius 1 is 1.40 bits per heavy atom. The fourth-order valence-electron chi connectivity index (χ4n) is 3.18. The van der Waals surface area contributed by atoms with Gasteiger partial charge in [0, 0.05) is 31.0 Å². The van der Waals surface area contributed by atoms with E-state index in [-0.39, 0.29) is 0 Å². The van der Waals surface area contributed by atoms with E-state index in [1.54, 1.807) is 0 Å². The van der Waals surface area contributed by atoms with Crippen molar-refractivity contribution in [3.63, 3.8) is 0 Å². The lowest BCUT2D eigenvalue weighted by molar-refractivity contribution is -0.130. The Morgan fingerprint density at radius 3 is 2.67 bits per heavy atom. The first kappa shape index (κ1) is 10.9. The van der Waals surface area contributed by atoms with Gasteiger partial charge in [-0.2, -0.15) is 0 Å². The molecule has 2 fully saturated rings. The van der Waals surface area contributed by atoms with E-state index in [9.17, 15) is 4.79 Å². The topological polar surface area (TPSA) is 32.3 Å². The van der Waals surface area contributed by atoms with Crippen LogP contribution in [0.5, 0.6) is 0 Å². The summed E-state index contributed by atoms with van der Waals surface area (Å²) in [5.41, 5.74) is 0. The van der Waals surface area contributed by atoms with Crippen molar-refractivity contribution in [1.29, 1.82) is 0 Å². The maximum atomic E-state index is 12.0. The largest absolute Gasteiger partial charge is 0.337 e. The number of nitrogens with zero attached hydrogens (tertiary/aromatic N) is 1. The van der Waals surface area contributed by atoms with Crippen LogP contribution in [0.3, 0.4) is 0 Å². The molecule has 1 aliphatic carbocycles. The van der Waals surface area contributed by atoms with Crippen LogP contribution in [0.4, 0.5) is 0 Å². The van der Waals surface area contributed by atoms with Gasteiger partial charge in [-0.1, -0.05) is 12.8 Å². The zero-order valence-corrected chi connectivity index (χ0v) is 9.83. The molecule has 0 aromatic heterocycles. The van der Waals surface area contributed by atoms with Crippen LogP contribution >= 0.6 is 0 Å². The van der Waals surface area contributed by atoms with Crippen LogP contribution in [0, 0.1) is 5.92 Å². The summed E-state index contributed by atoms with van der Waals surface area (Å²) in [6.45, 7) is 3.18. The van der Waals surface area contributed by atoms with Gasteiger partial charge in [-0.05, 0) is 26.8 Å². The molecule has 2 rings (SSSR count). The number of nitrogens with one attached hydrogen (secondary N) is 1. The maximum Gasteiger partial charge on any atom is 0.223 e. The number of rotatable bonds is 3. The highest BCUT2D eigenvalue weighted by Gasteiger charge is 2.40. The predicted molar refractivity (Wildman–Crippen MR) is 60.6 cm³/mol. The molecule has 3 nitrogen and oxygen atoms in total. The van der Waals surface area contributed by atoms with E-state index in [0.717, 1.165) is 13.0 Å². The summed E-state index contributed by atoms with van der Waals surface area (Å²) in [6.07, 6.45) is 5.80. The number of carbonyl (C=O) groups is 1. The third-order valence-corrected chi connectivity index (χ3v) is 4.03. The molecule has 2 aliphatic rings. The Bertz CT molecular complexity index is 236. The molecule has 1 heterocycles. The van der Waals surface area contributed by atoms with Crippen molar-refractivity contribution in [2.45, 2.75) is 51.1 Å². The fraction of sp³-hybridized carbons (Fsp3) is 0.917. The van der Waals surface area contributed by atoms with Crippen LogP contribution in [0.1, 0.15) is 39.0 Å². The maximum absolute atomic E-state index is 12.0. The van der Waals surface area contributed by atoms with Crippen molar-refractivity contribution in [3.8, 4) is 0 Å². The van der Waals surface area contributed by atoms with Crippen LogP contribution in [0.2, 0.25) is 0 Å². The lowest BCUT2D eigenvalue weighted by Crippen LogP contribution is -2.41. The smallest absolute Gasteiger partial charge is 0.223 e. The summed E-state index contributed by atoms with van der Waals surface area (Å²) in [7, 11) is 1.97. The molecule has 0 spiro atoms. The normalized spacial score (nSPS) is 32.9. The molecule has 0 aromatic rings.